The predicted molar refractivity (Wildman–Crippen MR) is 119 cm³/mol. The minimum absolute atomic E-state index is 0.193. The van der Waals surface area contributed by atoms with Gasteiger partial charge in [-0.1, -0.05) is 12.1 Å². The number of carbonyl (C=O) groups is 1. The van der Waals surface area contributed by atoms with Crippen LogP contribution in [0.4, 0.5) is 11.6 Å². The zero-order valence-electron chi connectivity index (χ0n) is 17.1. The van der Waals surface area contributed by atoms with Crippen LogP contribution in [-0.2, 0) is 0 Å². The first-order valence-corrected chi connectivity index (χ1v) is 9.70. The van der Waals surface area contributed by atoms with E-state index in [0.29, 0.717) is 23.1 Å². The van der Waals surface area contributed by atoms with Crippen LogP contribution >= 0.6 is 0 Å². The van der Waals surface area contributed by atoms with E-state index < -0.39 is 0 Å². The van der Waals surface area contributed by atoms with Crippen LogP contribution in [0.1, 0.15) is 24.3 Å². The Hall–Kier alpha value is -3.87. The Bertz CT molecular complexity index is 1190. The minimum Gasteiger partial charge on any atom is -0.496 e. The van der Waals surface area contributed by atoms with E-state index in [4.69, 9.17) is 4.74 Å². The van der Waals surface area contributed by atoms with E-state index in [1.165, 1.54) is 0 Å². The summed E-state index contributed by atoms with van der Waals surface area (Å²) in [4.78, 5) is 24.2. The molecule has 2 aromatic heterocycles. The van der Waals surface area contributed by atoms with E-state index in [0.717, 1.165) is 22.0 Å². The summed E-state index contributed by atoms with van der Waals surface area (Å²) in [5, 5.41) is 7.03. The smallest absolute Gasteiger partial charge is 0.272 e. The molecule has 7 nitrogen and oxygen atoms in total. The second-order valence-electron chi connectivity index (χ2n) is 7.22. The molecular formula is C23H23N5O2. The number of aromatic amines is 1. The van der Waals surface area contributed by atoms with E-state index in [-0.39, 0.29) is 11.9 Å². The summed E-state index contributed by atoms with van der Waals surface area (Å²) in [5.74, 6) is 1.09. The summed E-state index contributed by atoms with van der Waals surface area (Å²) < 4.78 is 5.64. The Morgan fingerprint density at radius 2 is 2.00 bits per heavy atom. The number of benzene rings is 2. The standard InChI is InChI=1S/C23H23N5O2/c1-14(2)26-23-25-13-16-11-18(21(30-3)12-20(16)28-23)15-6-4-7-17(10-15)27-22(29)19-8-5-9-24-19/h4-14,24H,1-3H3,(H,27,29)(H,25,26,28). The third-order valence-electron chi connectivity index (χ3n) is 4.59. The van der Waals surface area contributed by atoms with E-state index in [1.807, 2.05) is 50.2 Å². The van der Waals surface area contributed by atoms with E-state index in [9.17, 15) is 4.79 Å². The lowest BCUT2D eigenvalue weighted by Gasteiger charge is -2.13. The lowest BCUT2D eigenvalue weighted by molar-refractivity contribution is 0.102. The summed E-state index contributed by atoms with van der Waals surface area (Å²) in [7, 11) is 1.63. The molecule has 0 aliphatic rings. The number of nitrogens with one attached hydrogen (secondary N) is 3. The predicted octanol–water partition coefficient (Wildman–Crippen LogP) is 4.71. The van der Waals surface area contributed by atoms with Crippen molar-refractivity contribution in [3.05, 3.63) is 66.6 Å². The average molecular weight is 401 g/mol. The molecule has 4 rings (SSSR count). The molecular weight excluding hydrogens is 378 g/mol. The van der Waals surface area contributed by atoms with Crippen molar-refractivity contribution in [1.29, 1.82) is 0 Å². The molecule has 0 saturated heterocycles. The Kier molecular flexibility index (Phi) is 5.34. The van der Waals surface area contributed by atoms with Gasteiger partial charge in [-0.25, -0.2) is 9.97 Å². The van der Waals surface area contributed by atoms with Crippen molar-refractivity contribution in [2.75, 3.05) is 17.7 Å². The number of nitrogens with zero attached hydrogens (tertiary/aromatic N) is 2. The first-order chi connectivity index (χ1) is 14.5. The third-order valence-corrected chi connectivity index (χ3v) is 4.59. The number of H-pyrrole nitrogens is 1. The van der Waals surface area contributed by atoms with Gasteiger partial charge in [0, 0.05) is 41.1 Å². The van der Waals surface area contributed by atoms with Crippen LogP contribution in [0.5, 0.6) is 5.75 Å². The van der Waals surface area contributed by atoms with Gasteiger partial charge in [-0.05, 0) is 49.7 Å². The second-order valence-corrected chi connectivity index (χ2v) is 7.22. The molecule has 0 bridgehead atoms. The van der Waals surface area contributed by atoms with Crippen molar-refractivity contribution < 1.29 is 9.53 Å². The molecule has 0 atom stereocenters. The second kappa shape index (κ2) is 8.24. The zero-order chi connectivity index (χ0) is 21.1. The number of anilines is 2. The van der Waals surface area contributed by atoms with E-state index >= 15 is 0 Å². The number of rotatable bonds is 6. The van der Waals surface area contributed by atoms with Gasteiger partial charge in [0.2, 0.25) is 5.95 Å². The molecule has 0 radical (unpaired) electrons. The van der Waals surface area contributed by atoms with Gasteiger partial charge in [-0.15, -0.1) is 0 Å². The quantitative estimate of drug-likeness (QED) is 0.435. The van der Waals surface area contributed by atoms with E-state index in [1.54, 1.807) is 31.6 Å². The maximum absolute atomic E-state index is 12.3. The van der Waals surface area contributed by atoms with Crippen LogP contribution < -0.4 is 15.4 Å². The Morgan fingerprint density at radius 1 is 1.13 bits per heavy atom. The van der Waals surface area contributed by atoms with Crippen molar-refractivity contribution in [2.45, 2.75) is 19.9 Å². The molecule has 4 aromatic rings. The number of ether oxygens (including phenoxy) is 1. The number of carbonyl (C=O) groups excluding carboxylic acids is 1. The van der Waals surface area contributed by atoms with Gasteiger partial charge in [0.15, 0.2) is 0 Å². The molecule has 30 heavy (non-hydrogen) atoms. The Balaban J connectivity index is 1.69. The van der Waals surface area contributed by atoms with Crippen LogP contribution in [0.25, 0.3) is 22.0 Å². The normalized spacial score (nSPS) is 10.9. The van der Waals surface area contributed by atoms with Gasteiger partial charge in [-0.2, -0.15) is 0 Å². The van der Waals surface area contributed by atoms with Crippen molar-refractivity contribution >= 4 is 28.4 Å². The zero-order valence-corrected chi connectivity index (χ0v) is 17.1. The Labute approximate surface area is 174 Å². The van der Waals surface area contributed by atoms with Crippen molar-refractivity contribution in [3.8, 4) is 16.9 Å². The maximum Gasteiger partial charge on any atom is 0.272 e. The molecule has 0 aliphatic carbocycles. The van der Waals surface area contributed by atoms with Crippen LogP contribution in [0, 0.1) is 0 Å². The molecule has 152 valence electrons. The summed E-state index contributed by atoms with van der Waals surface area (Å²) in [5.41, 5.74) is 3.81. The molecule has 0 spiro atoms. The molecule has 0 fully saturated rings. The highest BCUT2D eigenvalue weighted by Gasteiger charge is 2.12. The molecule has 3 N–H and O–H groups in total. The monoisotopic (exact) mass is 401 g/mol. The van der Waals surface area contributed by atoms with Crippen molar-refractivity contribution in [2.24, 2.45) is 0 Å². The molecule has 1 amide bonds. The molecule has 2 heterocycles. The summed E-state index contributed by atoms with van der Waals surface area (Å²) in [6, 6.07) is 15.3. The summed E-state index contributed by atoms with van der Waals surface area (Å²) >= 11 is 0. The van der Waals surface area contributed by atoms with Crippen molar-refractivity contribution in [3.63, 3.8) is 0 Å². The fourth-order valence-corrected chi connectivity index (χ4v) is 3.22. The molecule has 0 saturated carbocycles. The fourth-order valence-electron chi connectivity index (χ4n) is 3.22. The highest BCUT2D eigenvalue weighted by Crippen LogP contribution is 2.35. The lowest BCUT2D eigenvalue weighted by atomic mass is 10.0. The molecule has 7 heteroatoms. The first-order valence-electron chi connectivity index (χ1n) is 9.70. The van der Waals surface area contributed by atoms with Gasteiger partial charge in [0.05, 0.1) is 12.6 Å². The number of amides is 1. The molecule has 0 aliphatic heterocycles. The number of methoxy groups -OCH3 is 1. The minimum atomic E-state index is -0.193. The average Bonchev–Trinajstić information content (AvgIpc) is 3.27. The summed E-state index contributed by atoms with van der Waals surface area (Å²) in [6.45, 7) is 4.08. The molecule has 2 aromatic carbocycles. The first kappa shape index (κ1) is 19.4. The lowest BCUT2D eigenvalue weighted by Crippen LogP contribution is -2.12. The topological polar surface area (TPSA) is 91.9 Å². The fraction of sp³-hybridized carbons (Fsp3) is 0.174. The number of hydrogen-bond acceptors (Lipinski definition) is 5. The number of aromatic nitrogens is 3. The van der Waals surface area contributed by atoms with Crippen LogP contribution in [0.3, 0.4) is 0 Å². The maximum atomic E-state index is 12.3. The number of fused-ring (bicyclic) bond motifs is 1. The van der Waals surface area contributed by atoms with Gasteiger partial charge in [-0.3, -0.25) is 4.79 Å². The molecule has 0 unspecified atom stereocenters. The van der Waals surface area contributed by atoms with Gasteiger partial charge >= 0.3 is 0 Å². The van der Waals surface area contributed by atoms with Gasteiger partial charge in [0.25, 0.3) is 5.91 Å². The third kappa shape index (κ3) is 4.10. The van der Waals surface area contributed by atoms with Crippen LogP contribution in [-0.4, -0.2) is 34.0 Å². The van der Waals surface area contributed by atoms with Gasteiger partial charge in [0.1, 0.15) is 11.4 Å². The largest absolute Gasteiger partial charge is 0.496 e. The summed E-state index contributed by atoms with van der Waals surface area (Å²) in [6.07, 6.45) is 3.52. The Morgan fingerprint density at radius 3 is 2.73 bits per heavy atom. The van der Waals surface area contributed by atoms with E-state index in [2.05, 4.69) is 25.6 Å². The van der Waals surface area contributed by atoms with Gasteiger partial charge < -0.3 is 20.4 Å². The SMILES string of the molecule is COc1cc2nc(NC(C)C)ncc2cc1-c1cccc(NC(=O)c2ccc[nH]2)c1. The van der Waals surface area contributed by atoms with Crippen LogP contribution in [0.2, 0.25) is 0 Å². The highest BCUT2D eigenvalue weighted by molar-refractivity contribution is 6.03. The van der Waals surface area contributed by atoms with Crippen LogP contribution in [0.15, 0.2) is 60.9 Å². The highest BCUT2D eigenvalue weighted by atomic mass is 16.5. The van der Waals surface area contributed by atoms with Crippen molar-refractivity contribution in [1.82, 2.24) is 15.0 Å². The number of hydrogen-bond donors (Lipinski definition) is 3.